The lowest BCUT2D eigenvalue weighted by Crippen LogP contribution is -1.95. The van der Waals surface area contributed by atoms with Crippen molar-refractivity contribution in [2.45, 2.75) is 6.42 Å². The Bertz CT molecular complexity index is 865. The van der Waals surface area contributed by atoms with E-state index in [1.165, 1.54) is 22.3 Å². The first-order valence-electron chi connectivity index (χ1n) is 6.72. The van der Waals surface area contributed by atoms with Crippen LogP contribution in [0.5, 0.6) is 0 Å². The second kappa shape index (κ2) is 4.31. The van der Waals surface area contributed by atoms with Crippen molar-refractivity contribution in [1.29, 1.82) is 0 Å². The summed E-state index contributed by atoms with van der Waals surface area (Å²) < 4.78 is 0. The molecular weight excluding hydrogens is 264 g/mol. The molecule has 21 heavy (non-hydrogen) atoms. The molecule has 0 bridgehead atoms. The first kappa shape index (κ1) is 11.9. The molecule has 1 aromatic heterocycles. The normalized spacial score (nSPS) is 12.0. The third-order valence-electron chi connectivity index (χ3n) is 3.90. The number of carbonyl (C=O) groups is 1. The van der Waals surface area contributed by atoms with E-state index in [0.29, 0.717) is 5.69 Å². The molecule has 4 rings (SSSR count). The van der Waals surface area contributed by atoms with Gasteiger partial charge in [-0.3, -0.25) is 5.10 Å². The number of aromatic carboxylic acids is 1. The fourth-order valence-electron chi connectivity index (χ4n) is 2.88. The second-order valence-corrected chi connectivity index (χ2v) is 5.18. The van der Waals surface area contributed by atoms with Crippen LogP contribution < -0.4 is 0 Å². The van der Waals surface area contributed by atoms with Crippen LogP contribution in [0.2, 0.25) is 0 Å². The van der Waals surface area contributed by atoms with Crippen molar-refractivity contribution in [2.24, 2.45) is 0 Å². The molecule has 4 heteroatoms. The second-order valence-electron chi connectivity index (χ2n) is 5.18. The predicted octanol–water partition coefficient (Wildman–Crippen LogP) is 3.35. The molecule has 4 nitrogen and oxygen atoms in total. The van der Waals surface area contributed by atoms with Crippen LogP contribution in [-0.2, 0) is 6.42 Å². The van der Waals surface area contributed by atoms with Crippen LogP contribution in [0, 0.1) is 0 Å². The molecule has 1 aliphatic rings. The molecule has 3 aromatic rings. The average molecular weight is 276 g/mol. The van der Waals surface area contributed by atoms with Gasteiger partial charge in [-0.25, -0.2) is 4.79 Å². The quantitative estimate of drug-likeness (QED) is 0.590. The number of aromatic amines is 1. The fraction of sp³-hybridized carbons (Fsp3) is 0.0588. The molecule has 1 aliphatic carbocycles. The van der Waals surface area contributed by atoms with Crippen molar-refractivity contribution in [3.05, 3.63) is 65.4 Å². The minimum Gasteiger partial charge on any atom is -0.477 e. The SMILES string of the molecule is O=C(O)c1cc(-c2ccc3c(c2)Cc2ccccc2-3)n[nH]1. The van der Waals surface area contributed by atoms with Crippen LogP contribution in [0.3, 0.4) is 0 Å². The summed E-state index contributed by atoms with van der Waals surface area (Å²) in [6, 6.07) is 16.1. The van der Waals surface area contributed by atoms with Gasteiger partial charge >= 0.3 is 5.97 Å². The number of benzene rings is 2. The molecular formula is C17H12N2O2. The molecule has 0 radical (unpaired) electrons. The Balaban J connectivity index is 1.77. The van der Waals surface area contributed by atoms with E-state index in [9.17, 15) is 4.79 Å². The van der Waals surface area contributed by atoms with Gasteiger partial charge in [0.05, 0.1) is 5.69 Å². The third-order valence-corrected chi connectivity index (χ3v) is 3.90. The minimum atomic E-state index is -0.998. The van der Waals surface area contributed by atoms with Crippen molar-refractivity contribution in [3.63, 3.8) is 0 Å². The number of nitrogens with one attached hydrogen (secondary N) is 1. The molecule has 0 atom stereocenters. The van der Waals surface area contributed by atoms with Crippen molar-refractivity contribution < 1.29 is 9.90 Å². The highest BCUT2D eigenvalue weighted by Gasteiger charge is 2.19. The maximum Gasteiger partial charge on any atom is 0.353 e. The minimum absolute atomic E-state index is 0.105. The van der Waals surface area contributed by atoms with Gasteiger partial charge in [-0.05, 0) is 40.8 Å². The zero-order valence-electron chi connectivity index (χ0n) is 11.1. The number of fused-ring (bicyclic) bond motifs is 3. The molecule has 0 unspecified atom stereocenters. The van der Waals surface area contributed by atoms with Gasteiger partial charge < -0.3 is 5.11 Å². The summed E-state index contributed by atoms with van der Waals surface area (Å²) in [5.74, 6) is -0.998. The Morgan fingerprint density at radius 2 is 1.86 bits per heavy atom. The first-order chi connectivity index (χ1) is 10.2. The summed E-state index contributed by atoms with van der Waals surface area (Å²) in [5, 5.41) is 15.6. The summed E-state index contributed by atoms with van der Waals surface area (Å²) in [5.41, 5.74) is 6.83. The van der Waals surface area contributed by atoms with Crippen LogP contribution in [0.1, 0.15) is 21.6 Å². The predicted molar refractivity (Wildman–Crippen MR) is 79.2 cm³/mol. The highest BCUT2D eigenvalue weighted by atomic mass is 16.4. The first-order valence-corrected chi connectivity index (χ1v) is 6.72. The van der Waals surface area contributed by atoms with Crippen LogP contribution in [0.4, 0.5) is 0 Å². The Kier molecular flexibility index (Phi) is 2.44. The maximum atomic E-state index is 10.9. The van der Waals surface area contributed by atoms with Crippen LogP contribution in [0.15, 0.2) is 48.5 Å². The lowest BCUT2D eigenvalue weighted by Gasteiger charge is -2.03. The van der Waals surface area contributed by atoms with E-state index in [-0.39, 0.29) is 5.69 Å². The number of aromatic nitrogens is 2. The van der Waals surface area contributed by atoms with Crippen molar-refractivity contribution in [3.8, 4) is 22.4 Å². The van der Waals surface area contributed by atoms with Gasteiger partial charge in [0.1, 0.15) is 5.69 Å². The number of rotatable bonds is 2. The summed E-state index contributed by atoms with van der Waals surface area (Å²) in [6.45, 7) is 0. The molecule has 102 valence electrons. The number of nitrogens with zero attached hydrogens (tertiary/aromatic N) is 1. The molecule has 0 saturated heterocycles. The number of H-pyrrole nitrogens is 1. The summed E-state index contributed by atoms with van der Waals surface area (Å²) in [4.78, 5) is 10.9. The Labute approximate surface area is 121 Å². The molecule has 1 heterocycles. The van der Waals surface area contributed by atoms with Gasteiger partial charge in [-0.1, -0.05) is 36.4 Å². The average Bonchev–Trinajstić information content (AvgIpc) is 3.11. The number of hydrogen-bond donors (Lipinski definition) is 2. The van der Waals surface area contributed by atoms with Gasteiger partial charge in [-0.2, -0.15) is 5.10 Å². The Hall–Kier alpha value is -2.88. The number of carboxylic acids is 1. The molecule has 2 N–H and O–H groups in total. The van der Waals surface area contributed by atoms with Crippen LogP contribution in [0.25, 0.3) is 22.4 Å². The molecule has 0 aliphatic heterocycles. The fourth-order valence-corrected chi connectivity index (χ4v) is 2.88. The lowest BCUT2D eigenvalue weighted by atomic mass is 10.0. The van der Waals surface area contributed by atoms with E-state index in [0.717, 1.165) is 12.0 Å². The van der Waals surface area contributed by atoms with Gasteiger partial charge in [0.25, 0.3) is 0 Å². The van der Waals surface area contributed by atoms with E-state index >= 15 is 0 Å². The molecule has 0 fully saturated rings. The summed E-state index contributed by atoms with van der Waals surface area (Å²) in [7, 11) is 0. The van der Waals surface area contributed by atoms with Crippen LogP contribution >= 0.6 is 0 Å². The third kappa shape index (κ3) is 1.84. The Morgan fingerprint density at radius 1 is 1.05 bits per heavy atom. The molecule has 2 aromatic carbocycles. The van der Waals surface area contributed by atoms with Gasteiger partial charge in [0, 0.05) is 5.56 Å². The van der Waals surface area contributed by atoms with Crippen LogP contribution in [-0.4, -0.2) is 21.3 Å². The van der Waals surface area contributed by atoms with E-state index in [4.69, 9.17) is 5.11 Å². The zero-order chi connectivity index (χ0) is 14.4. The topological polar surface area (TPSA) is 66.0 Å². The van der Waals surface area contributed by atoms with E-state index in [1.54, 1.807) is 6.07 Å². The highest BCUT2D eigenvalue weighted by Crippen LogP contribution is 2.38. The largest absolute Gasteiger partial charge is 0.477 e. The van der Waals surface area contributed by atoms with Crippen molar-refractivity contribution in [1.82, 2.24) is 10.2 Å². The van der Waals surface area contributed by atoms with E-state index in [1.807, 2.05) is 6.07 Å². The maximum absolute atomic E-state index is 10.9. The molecule has 0 saturated carbocycles. The van der Waals surface area contributed by atoms with Gasteiger partial charge in [0.2, 0.25) is 0 Å². The standard InChI is InChI=1S/C17H12N2O2/c20-17(21)16-9-15(18-19-16)11-5-6-14-12(8-11)7-10-3-1-2-4-13(10)14/h1-6,8-9H,7H2,(H,18,19)(H,20,21). The lowest BCUT2D eigenvalue weighted by molar-refractivity contribution is 0.0690. The summed E-state index contributed by atoms with van der Waals surface area (Å²) >= 11 is 0. The Morgan fingerprint density at radius 3 is 2.67 bits per heavy atom. The van der Waals surface area contributed by atoms with E-state index < -0.39 is 5.97 Å². The van der Waals surface area contributed by atoms with Gasteiger partial charge in [0.15, 0.2) is 0 Å². The number of hydrogen-bond acceptors (Lipinski definition) is 2. The highest BCUT2D eigenvalue weighted by molar-refractivity contribution is 5.87. The van der Waals surface area contributed by atoms with Crippen molar-refractivity contribution >= 4 is 5.97 Å². The van der Waals surface area contributed by atoms with Crippen molar-refractivity contribution in [2.75, 3.05) is 0 Å². The smallest absolute Gasteiger partial charge is 0.353 e. The monoisotopic (exact) mass is 276 g/mol. The van der Waals surface area contributed by atoms with Gasteiger partial charge in [-0.15, -0.1) is 0 Å². The molecule has 0 amide bonds. The number of carboxylic acid groups (broad SMARTS) is 1. The zero-order valence-corrected chi connectivity index (χ0v) is 11.1. The summed E-state index contributed by atoms with van der Waals surface area (Å²) in [6.07, 6.45) is 0.912. The molecule has 0 spiro atoms. The van der Waals surface area contributed by atoms with E-state index in [2.05, 4.69) is 46.6 Å².